The predicted molar refractivity (Wildman–Crippen MR) is 101 cm³/mol. The van der Waals surface area contributed by atoms with Crippen LogP contribution in [-0.2, 0) is 4.79 Å². The van der Waals surface area contributed by atoms with Crippen LogP contribution in [0.5, 0.6) is 0 Å². The van der Waals surface area contributed by atoms with E-state index in [1.165, 1.54) is 11.3 Å². The molecule has 0 aliphatic carbocycles. The van der Waals surface area contributed by atoms with Crippen LogP contribution in [0.2, 0.25) is 0 Å². The standard InChI is InChI=1S/C17H21N3OS2/c1-13(22)18-11-7-3-6-10-16(21)20-17-19-15(12-23-17)14-8-4-2-5-9-14/h2,4-5,8-9,12H,3,6-7,10-11H2,1H3,(H,18,22)(H,19,20,21). The van der Waals surface area contributed by atoms with Crippen LogP contribution < -0.4 is 10.6 Å². The number of benzene rings is 1. The molecule has 0 atom stereocenters. The Morgan fingerprint density at radius 1 is 1.22 bits per heavy atom. The molecule has 1 aromatic carbocycles. The third kappa shape index (κ3) is 6.46. The van der Waals surface area contributed by atoms with E-state index in [9.17, 15) is 4.79 Å². The monoisotopic (exact) mass is 347 g/mol. The molecule has 0 saturated heterocycles. The van der Waals surface area contributed by atoms with Crippen molar-refractivity contribution >= 4 is 39.6 Å². The van der Waals surface area contributed by atoms with E-state index in [0.29, 0.717) is 11.6 Å². The molecule has 6 heteroatoms. The van der Waals surface area contributed by atoms with Gasteiger partial charge in [0.25, 0.3) is 0 Å². The minimum absolute atomic E-state index is 0.0259. The number of hydrogen-bond acceptors (Lipinski definition) is 4. The van der Waals surface area contributed by atoms with Crippen LogP contribution in [0.15, 0.2) is 35.7 Å². The number of carbonyl (C=O) groups excluding carboxylic acids is 1. The fourth-order valence-corrected chi connectivity index (χ4v) is 2.94. The average molecular weight is 348 g/mol. The van der Waals surface area contributed by atoms with E-state index in [-0.39, 0.29) is 5.91 Å². The van der Waals surface area contributed by atoms with Crippen molar-refractivity contribution in [2.45, 2.75) is 32.6 Å². The van der Waals surface area contributed by atoms with Crippen molar-refractivity contribution in [1.29, 1.82) is 0 Å². The fourth-order valence-electron chi connectivity index (χ4n) is 2.11. The second-order valence-corrected chi connectivity index (χ2v) is 6.72. The van der Waals surface area contributed by atoms with Crippen molar-refractivity contribution in [3.63, 3.8) is 0 Å². The zero-order valence-electron chi connectivity index (χ0n) is 13.2. The maximum absolute atomic E-state index is 11.9. The van der Waals surface area contributed by atoms with E-state index < -0.39 is 0 Å². The molecule has 1 aromatic heterocycles. The third-order valence-corrected chi connectivity index (χ3v) is 4.18. The highest BCUT2D eigenvalue weighted by atomic mass is 32.1. The predicted octanol–water partition coefficient (Wildman–Crippen LogP) is 4.25. The van der Waals surface area contributed by atoms with Crippen molar-refractivity contribution in [3.05, 3.63) is 35.7 Å². The number of carbonyl (C=O) groups is 1. The van der Waals surface area contributed by atoms with Gasteiger partial charge in [-0.25, -0.2) is 4.98 Å². The summed E-state index contributed by atoms with van der Waals surface area (Å²) in [5.74, 6) is 0.0259. The van der Waals surface area contributed by atoms with Gasteiger partial charge in [-0.15, -0.1) is 11.3 Å². The third-order valence-electron chi connectivity index (χ3n) is 3.27. The van der Waals surface area contributed by atoms with Gasteiger partial charge in [0.05, 0.1) is 10.7 Å². The van der Waals surface area contributed by atoms with Gasteiger partial charge in [-0.2, -0.15) is 0 Å². The smallest absolute Gasteiger partial charge is 0.226 e. The molecule has 0 unspecified atom stereocenters. The topological polar surface area (TPSA) is 54.0 Å². The Hall–Kier alpha value is -1.79. The largest absolute Gasteiger partial charge is 0.380 e. The second kappa shape index (κ2) is 9.37. The Morgan fingerprint density at radius 3 is 2.74 bits per heavy atom. The zero-order chi connectivity index (χ0) is 16.5. The average Bonchev–Trinajstić information content (AvgIpc) is 3.00. The number of thiazole rings is 1. The summed E-state index contributed by atoms with van der Waals surface area (Å²) in [6, 6.07) is 9.95. The SMILES string of the molecule is CC(=S)NCCCCCC(=O)Nc1nc(-c2ccccc2)cs1. The Bertz CT molecular complexity index is 640. The van der Waals surface area contributed by atoms with Crippen molar-refractivity contribution in [2.24, 2.45) is 0 Å². The first-order chi connectivity index (χ1) is 11.1. The van der Waals surface area contributed by atoms with E-state index in [1.54, 1.807) is 0 Å². The lowest BCUT2D eigenvalue weighted by atomic mass is 10.2. The molecule has 1 heterocycles. The Morgan fingerprint density at radius 2 is 2.00 bits per heavy atom. The molecule has 0 saturated carbocycles. The summed E-state index contributed by atoms with van der Waals surface area (Å²) in [5.41, 5.74) is 1.96. The van der Waals surface area contributed by atoms with Crippen LogP contribution in [0.25, 0.3) is 11.3 Å². The van der Waals surface area contributed by atoms with Gasteiger partial charge in [0.1, 0.15) is 0 Å². The van der Waals surface area contributed by atoms with Gasteiger partial charge in [-0.1, -0.05) is 49.0 Å². The number of nitrogens with one attached hydrogen (secondary N) is 2. The second-order valence-electron chi connectivity index (χ2n) is 5.25. The van der Waals surface area contributed by atoms with Gasteiger partial charge in [-0.3, -0.25) is 4.79 Å². The van der Waals surface area contributed by atoms with Crippen LogP contribution in [0.4, 0.5) is 5.13 Å². The van der Waals surface area contributed by atoms with Crippen molar-refractivity contribution < 1.29 is 4.79 Å². The van der Waals surface area contributed by atoms with Crippen LogP contribution in [-0.4, -0.2) is 22.4 Å². The van der Waals surface area contributed by atoms with Crippen LogP contribution in [0, 0.1) is 0 Å². The molecular weight excluding hydrogens is 326 g/mol. The van der Waals surface area contributed by atoms with E-state index >= 15 is 0 Å². The molecule has 0 spiro atoms. The van der Waals surface area contributed by atoms with Gasteiger partial charge in [-0.05, 0) is 19.8 Å². The van der Waals surface area contributed by atoms with Gasteiger partial charge in [0.2, 0.25) is 5.91 Å². The highest BCUT2D eigenvalue weighted by Crippen LogP contribution is 2.24. The van der Waals surface area contributed by atoms with Crippen LogP contribution in [0.3, 0.4) is 0 Å². The van der Waals surface area contributed by atoms with E-state index in [1.807, 2.05) is 42.6 Å². The molecular formula is C17H21N3OS2. The molecule has 2 rings (SSSR count). The molecule has 0 bridgehead atoms. The van der Waals surface area contributed by atoms with Gasteiger partial charge < -0.3 is 10.6 Å². The highest BCUT2D eigenvalue weighted by Gasteiger charge is 2.07. The summed E-state index contributed by atoms with van der Waals surface area (Å²) < 4.78 is 0. The van der Waals surface area contributed by atoms with Crippen molar-refractivity contribution in [1.82, 2.24) is 10.3 Å². The number of hydrogen-bond donors (Lipinski definition) is 2. The molecule has 2 N–H and O–H groups in total. The van der Waals surface area contributed by atoms with Gasteiger partial charge in [0.15, 0.2) is 5.13 Å². The van der Waals surface area contributed by atoms with E-state index in [0.717, 1.165) is 42.1 Å². The van der Waals surface area contributed by atoms with Gasteiger partial charge >= 0.3 is 0 Å². The molecule has 1 amide bonds. The zero-order valence-corrected chi connectivity index (χ0v) is 14.8. The molecule has 0 aliphatic heterocycles. The normalized spacial score (nSPS) is 10.3. The molecule has 0 fully saturated rings. The maximum Gasteiger partial charge on any atom is 0.226 e. The highest BCUT2D eigenvalue weighted by molar-refractivity contribution is 7.80. The molecule has 0 aliphatic rings. The Labute approximate surface area is 146 Å². The number of thiocarbonyl (C=S) groups is 1. The Kier molecular flexibility index (Phi) is 7.16. The fraction of sp³-hybridized carbons (Fsp3) is 0.353. The number of nitrogens with zero attached hydrogens (tertiary/aromatic N) is 1. The summed E-state index contributed by atoms with van der Waals surface area (Å²) in [6.45, 7) is 2.75. The minimum Gasteiger partial charge on any atom is -0.380 e. The lowest BCUT2D eigenvalue weighted by Crippen LogP contribution is -2.19. The van der Waals surface area contributed by atoms with Crippen LogP contribution in [0.1, 0.15) is 32.6 Å². The van der Waals surface area contributed by atoms with Crippen LogP contribution >= 0.6 is 23.6 Å². The lowest BCUT2D eigenvalue weighted by Gasteiger charge is -2.04. The molecule has 122 valence electrons. The molecule has 2 aromatic rings. The van der Waals surface area contributed by atoms with E-state index in [2.05, 4.69) is 15.6 Å². The first-order valence-corrected chi connectivity index (χ1v) is 8.99. The summed E-state index contributed by atoms with van der Waals surface area (Å²) in [4.78, 5) is 17.2. The van der Waals surface area contributed by atoms with Gasteiger partial charge in [0, 0.05) is 23.9 Å². The summed E-state index contributed by atoms with van der Waals surface area (Å²) >= 11 is 6.40. The summed E-state index contributed by atoms with van der Waals surface area (Å²) in [7, 11) is 0. The summed E-state index contributed by atoms with van der Waals surface area (Å²) in [6.07, 6.45) is 3.44. The number of amides is 1. The van der Waals surface area contributed by atoms with E-state index in [4.69, 9.17) is 12.2 Å². The molecule has 4 nitrogen and oxygen atoms in total. The first-order valence-electron chi connectivity index (χ1n) is 7.70. The molecule has 23 heavy (non-hydrogen) atoms. The number of rotatable bonds is 8. The number of unbranched alkanes of at least 4 members (excludes halogenated alkanes) is 2. The maximum atomic E-state index is 11.9. The lowest BCUT2D eigenvalue weighted by molar-refractivity contribution is -0.116. The Balaban J connectivity index is 1.70. The first kappa shape index (κ1) is 17.6. The minimum atomic E-state index is 0.0259. The van der Waals surface area contributed by atoms with Crippen molar-refractivity contribution in [3.8, 4) is 11.3 Å². The summed E-state index contributed by atoms with van der Waals surface area (Å²) in [5, 5.41) is 8.61. The number of anilines is 1. The van der Waals surface area contributed by atoms with Crippen molar-refractivity contribution in [2.75, 3.05) is 11.9 Å². The molecule has 0 radical (unpaired) electrons. The quantitative estimate of drug-likeness (QED) is 0.554. The number of aromatic nitrogens is 1.